The minimum Gasteiger partial charge on any atom is -0.323 e. The third-order valence-corrected chi connectivity index (χ3v) is 4.92. The van der Waals surface area contributed by atoms with E-state index in [0.717, 1.165) is 30.0 Å². The van der Waals surface area contributed by atoms with Crippen LogP contribution in [-0.2, 0) is 11.8 Å². The van der Waals surface area contributed by atoms with Crippen molar-refractivity contribution in [3.8, 4) is 11.4 Å². The first kappa shape index (κ1) is 19.0. The van der Waals surface area contributed by atoms with Gasteiger partial charge >= 0.3 is 0 Å². The maximum absolute atomic E-state index is 13.9. The molecule has 1 aromatic heterocycles. The Morgan fingerprint density at radius 2 is 1.85 bits per heavy atom. The minimum atomic E-state index is -0.734. The van der Waals surface area contributed by atoms with Gasteiger partial charge in [0.05, 0.1) is 16.5 Å². The van der Waals surface area contributed by atoms with Crippen molar-refractivity contribution in [1.29, 1.82) is 0 Å². The first-order valence-electron chi connectivity index (χ1n) is 7.93. The smallest absolute Gasteiger partial charge is 0.237 e. The van der Waals surface area contributed by atoms with E-state index in [1.54, 1.807) is 36.7 Å². The highest BCUT2D eigenvalue weighted by atomic mass is 32.2. The van der Waals surface area contributed by atoms with Crippen molar-refractivity contribution in [3.05, 3.63) is 59.9 Å². The summed E-state index contributed by atoms with van der Waals surface area (Å²) >= 11 is 1.07. The summed E-state index contributed by atoms with van der Waals surface area (Å²) in [6, 6.07) is 8.96. The number of aromatic nitrogens is 3. The zero-order valence-electron chi connectivity index (χ0n) is 14.4. The van der Waals surface area contributed by atoms with Crippen LogP contribution < -0.4 is 5.32 Å². The molecule has 0 saturated heterocycles. The number of benzene rings is 2. The van der Waals surface area contributed by atoms with Crippen LogP contribution >= 0.6 is 11.8 Å². The number of hydrogen-bond donors (Lipinski definition) is 1. The second kappa shape index (κ2) is 7.83. The molecule has 0 fully saturated rings. The third kappa shape index (κ3) is 4.13. The van der Waals surface area contributed by atoms with Crippen LogP contribution in [0.3, 0.4) is 0 Å². The summed E-state index contributed by atoms with van der Waals surface area (Å²) in [5.41, 5.74) is 0.0516. The molecule has 0 aliphatic rings. The molecule has 1 heterocycles. The average molecular weight is 392 g/mol. The van der Waals surface area contributed by atoms with Gasteiger partial charge in [-0.25, -0.2) is 13.2 Å². The van der Waals surface area contributed by atoms with E-state index in [4.69, 9.17) is 0 Å². The molecule has 140 valence electrons. The van der Waals surface area contributed by atoms with Crippen molar-refractivity contribution in [1.82, 2.24) is 14.8 Å². The van der Waals surface area contributed by atoms with Crippen LogP contribution in [0.15, 0.2) is 47.6 Å². The van der Waals surface area contributed by atoms with E-state index in [1.165, 1.54) is 6.07 Å². The number of halogens is 3. The van der Waals surface area contributed by atoms with Crippen LogP contribution in [0.1, 0.15) is 6.92 Å². The molecular weight excluding hydrogens is 377 g/mol. The summed E-state index contributed by atoms with van der Waals surface area (Å²) in [6.45, 7) is 1.59. The summed E-state index contributed by atoms with van der Waals surface area (Å²) in [5, 5.41) is 10.0. The number of nitrogens with one attached hydrogen (secondary N) is 1. The van der Waals surface area contributed by atoms with E-state index >= 15 is 0 Å². The zero-order valence-corrected chi connectivity index (χ0v) is 15.2. The van der Waals surface area contributed by atoms with Gasteiger partial charge in [0.15, 0.2) is 11.0 Å². The largest absolute Gasteiger partial charge is 0.323 e. The van der Waals surface area contributed by atoms with E-state index in [2.05, 4.69) is 15.5 Å². The number of carbonyl (C=O) groups is 1. The van der Waals surface area contributed by atoms with Crippen molar-refractivity contribution < 1.29 is 18.0 Å². The Bertz CT molecular complexity index is 992. The molecule has 2 aromatic carbocycles. The summed E-state index contributed by atoms with van der Waals surface area (Å²) < 4.78 is 42.4. The number of carbonyl (C=O) groups excluding carboxylic acids is 1. The maximum atomic E-state index is 13.9. The topological polar surface area (TPSA) is 59.8 Å². The average Bonchev–Trinajstić information content (AvgIpc) is 2.99. The highest BCUT2D eigenvalue weighted by molar-refractivity contribution is 8.00. The molecule has 1 N–H and O–H groups in total. The van der Waals surface area contributed by atoms with Gasteiger partial charge in [-0.15, -0.1) is 10.2 Å². The summed E-state index contributed by atoms with van der Waals surface area (Å²) in [5.74, 6) is -2.03. The van der Waals surface area contributed by atoms with E-state index in [1.807, 2.05) is 0 Å². The van der Waals surface area contributed by atoms with Crippen LogP contribution in [-0.4, -0.2) is 25.9 Å². The van der Waals surface area contributed by atoms with Gasteiger partial charge in [-0.1, -0.05) is 23.9 Å². The monoisotopic (exact) mass is 392 g/mol. The predicted molar refractivity (Wildman–Crippen MR) is 96.7 cm³/mol. The molecule has 0 bridgehead atoms. The number of hydrogen-bond acceptors (Lipinski definition) is 4. The predicted octanol–water partition coefficient (Wildman–Crippen LogP) is 4.02. The van der Waals surface area contributed by atoms with Crippen LogP contribution in [0.25, 0.3) is 11.4 Å². The lowest BCUT2D eigenvalue weighted by atomic mass is 10.2. The van der Waals surface area contributed by atoms with Gasteiger partial charge in [-0.05, 0) is 31.2 Å². The molecule has 1 atom stereocenters. The third-order valence-electron chi connectivity index (χ3n) is 3.79. The van der Waals surface area contributed by atoms with Gasteiger partial charge in [-0.2, -0.15) is 0 Å². The maximum Gasteiger partial charge on any atom is 0.237 e. The molecule has 0 aliphatic carbocycles. The Morgan fingerprint density at radius 3 is 2.59 bits per heavy atom. The minimum absolute atomic E-state index is 0.238. The van der Waals surface area contributed by atoms with E-state index in [-0.39, 0.29) is 5.69 Å². The highest BCUT2D eigenvalue weighted by Gasteiger charge is 2.21. The van der Waals surface area contributed by atoms with Gasteiger partial charge in [0.1, 0.15) is 17.5 Å². The highest BCUT2D eigenvalue weighted by Crippen LogP contribution is 2.27. The first-order chi connectivity index (χ1) is 12.9. The van der Waals surface area contributed by atoms with Gasteiger partial charge in [0.2, 0.25) is 5.91 Å². The number of thioether (sulfide) groups is 1. The molecule has 5 nitrogen and oxygen atoms in total. The molecule has 0 spiro atoms. The van der Waals surface area contributed by atoms with Crippen LogP contribution in [0.4, 0.5) is 18.9 Å². The molecule has 1 amide bonds. The molecule has 9 heteroatoms. The second-order valence-electron chi connectivity index (χ2n) is 5.72. The molecule has 1 unspecified atom stereocenters. The van der Waals surface area contributed by atoms with Gasteiger partial charge in [-0.3, -0.25) is 4.79 Å². The summed E-state index contributed by atoms with van der Waals surface area (Å²) in [6.07, 6.45) is 0. The van der Waals surface area contributed by atoms with E-state index in [9.17, 15) is 18.0 Å². The summed E-state index contributed by atoms with van der Waals surface area (Å²) in [4.78, 5) is 12.3. The molecular formula is C18H15F3N4OS. The fourth-order valence-corrected chi connectivity index (χ4v) is 3.15. The molecule has 0 radical (unpaired) electrons. The van der Waals surface area contributed by atoms with Crippen LogP contribution in [0, 0.1) is 17.5 Å². The Morgan fingerprint density at radius 1 is 1.11 bits per heavy atom. The normalized spacial score (nSPS) is 12.0. The number of nitrogens with zero attached hydrogens (tertiary/aromatic N) is 3. The van der Waals surface area contributed by atoms with Gasteiger partial charge < -0.3 is 9.88 Å². The second-order valence-corrected chi connectivity index (χ2v) is 7.03. The molecule has 3 aromatic rings. The quantitative estimate of drug-likeness (QED) is 0.667. The van der Waals surface area contributed by atoms with Gasteiger partial charge in [0.25, 0.3) is 0 Å². The van der Waals surface area contributed by atoms with E-state index < -0.39 is 28.6 Å². The lowest BCUT2D eigenvalue weighted by molar-refractivity contribution is -0.115. The van der Waals surface area contributed by atoms with Crippen LogP contribution in [0.2, 0.25) is 0 Å². The fourth-order valence-electron chi connectivity index (χ4n) is 2.33. The SMILES string of the molecule is CC(Sc1nnc(-c2ccccc2F)n1C)C(=O)Nc1cc(F)ccc1F. The lowest BCUT2D eigenvalue weighted by Gasteiger charge is -2.12. The zero-order chi connectivity index (χ0) is 19.6. The number of amides is 1. The molecule has 0 aliphatic heterocycles. The van der Waals surface area contributed by atoms with Crippen molar-refractivity contribution in [3.63, 3.8) is 0 Å². The van der Waals surface area contributed by atoms with Crippen molar-refractivity contribution in [2.24, 2.45) is 7.05 Å². The Kier molecular flexibility index (Phi) is 5.50. The van der Waals surface area contributed by atoms with Gasteiger partial charge in [0, 0.05) is 13.1 Å². The standard InChI is InChI=1S/C18H15F3N4OS/c1-10(17(26)22-15-9-11(19)7-8-14(15)21)27-18-24-23-16(25(18)2)12-5-3-4-6-13(12)20/h3-10H,1-2H3,(H,22,26). The fraction of sp³-hybridized carbons (Fsp3) is 0.167. The van der Waals surface area contributed by atoms with Crippen molar-refractivity contribution >= 4 is 23.4 Å². The Labute approximate surface area is 157 Å². The van der Waals surface area contributed by atoms with Crippen molar-refractivity contribution in [2.45, 2.75) is 17.3 Å². The van der Waals surface area contributed by atoms with Crippen LogP contribution in [0.5, 0.6) is 0 Å². The molecule has 3 rings (SSSR count). The van der Waals surface area contributed by atoms with Crippen molar-refractivity contribution in [2.75, 3.05) is 5.32 Å². The number of anilines is 1. The van der Waals surface area contributed by atoms with E-state index in [0.29, 0.717) is 16.5 Å². The molecule has 0 saturated carbocycles. The Hall–Kier alpha value is -2.81. The Balaban J connectivity index is 1.75. The first-order valence-corrected chi connectivity index (χ1v) is 8.81. The summed E-state index contributed by atoms with van der Waals surface area (Å²) in [7, 11) is 1.65. The lowest BCUT2D eigenvalue weighted by Crippen LogP contribution is -2.23. The molecule has 27 heavy (non-hydrogen) atoms. The number of rotatable bonds is 5.